The van der Waals surface area contributed by atoms with Crippen LogP contribution in [0.5, 0.6) is 5.75 Å². The van der Waals surface area contributed by atoms with Crippen molar-refractivity contribution in [2.45, 2.75) is 45.7 Å². The summed E-state index contributed by atoms with van der Waals surface area (Å²) in [5.74, 6) is 0.539. The van der Waals surface area contributed by atoms with Crippen LogP contribution < -0.4 is 10.1 Å². The number of aryl methyl sites for hydroxylation is 1. The maximum atomic E-state index is 13.7. The molecule has 0 aliphatic rings. The third-order valence-electron chi connectivity index (χ3n) is 5.94. The van der Waals surface area contributed by atoms with Gasteiger partial charge in [-0.15, -0.1) is 0 Å². The lowest BCUT2D eigenvalue weighted by atomic mass is 10.0. The smallest absolute Gasteiger partial charge is 0.243 e. The Kier molecular flexibility index (Phi) is 9.27. The molecule has 1 N–H and O–H groups in total. The van der Waals surface area contributed by atoms with Crippen LogP contribution in [0.25, 0.3) is 0 Å². The largest absolute Gasteiger partial charge is 0.497 e. The van der Waals surface area contributed by atoms with Crippen LogP contribution in [-0.2, 0) is 29.0 Å². The highest BCUT2D eigenvalue weighted by Crippen LogP contribution is 2.19. The summed E-state index contributed by atoms with van der Waals surface area (Å²) < 4.78 is 5.24. The van der Waals surface area contributed by atoms with Crippen molar-refractivity contribution >= 4 is 11.8 Å². The summed E-state index contributed by atoms with van der Waals surface area (Å²) in [6.45, 7) is 5.00. The topological polar surface area (TPSA) is 58.6 Å². The quantitative estimate of drug-likeness (QED) is 0.453. The average Bonchev–Trinajstić information content (AvgIpc) is 2.86. The molecule has 0 aliphatic heterocycles. The van der Waals surface area contributed by atoms with Crippen LogP contribution in [0.1, 0.15) is 35.6 Å². The van der Waals surface area contributed by atoms with Gasteiger partial charge in [-0.2, -0.15) is 0 Å². The lowest BCUT2D eigenvalue weighted by molar-refractivity contribution is -0.140. The fourth-order valence-corrected chi connectivity index (χ4v) is 3.91. The van der Waals surface area contributed by atoms with E-state index in [0.717, 1.165) is 34.4 Å². The SMILES string of the molecule is CCCNC(=O)C(Cc1ccccc1)N(Cc1ccccc1C)C(=O)Cc1ccc(OC)cc1. The van der Waals surface area contributed by atoms with Crippen LogP contribution in [0.15, 0.2) is 78.9 Å². The van der Waals surface area contributed by atoms with Gasteiger partial charge in [-0.05, 0) is 47.7 Å². The number of carbonyl (C=O) groups is 2. The minimum atomic E-state index is -0.612. The molecule has 3 rings (SSSR count). The summed E-state index contributed by atoms with van der Waals surface area (Å²) in [5.41, 5.74) is 4.03. The molecule has 3 aromatic rings. The van der Waals surface area contributed by atoms with Crippen LogP contribution in [-0.4, -0.2) is 36.4 Å². The lowest BCUT2D eigenvalue weighted by Crippen LogP contribution is -2.51. The molecule has 34 heavy (non-hydrogen) atoms. The molecule has 0 saturated heterocycles. The molecule has 0 saturated carbocycles. The van der Waals surface area contributed by atoms with Crippen molar-refractivity contribution in [2.24, 2.45) is 0 Å². The number of amides is 2. The van der Waals surface area contributed by atoms with E-state index < -0.39 is 6.04 Å². The Bertz CT molecular complexity index is 1060. The Morgan fingerprint density at radius 1 is 0.912 bits per heavy atom. The van der Waals surface area contributed by atoms with Gasteiger partial charge < -0.3 is 15.0 Å². The molecule has 1 atom stereocenters. The molecular weight excluding hydrogens is 424 g/mol. The molecule has 178 valence electrons. The third-order valence-corrected chi connectivity index (χ3v) is 5.94. The number of methoxy groups -OCH3 is 1. The van der Waals surface area contributed by atoms with Crippen LogP contribution in [0.2, 0.25) is 0 Å². The van der Waals surface area contributed by atoms with Crippen LogP contribution in [0, 0.1) is 6.92 Å². The van der Waals surface area contributed by atoms with E-state index in [1.54, 1.807) is 12.0 Å². The second kappa shape index (κ2) is 12.6. The number of carbonyl (C=O) groups excluding carboxylic acids is 2. The summed E-state index contributed by atoms with van der Waals surface area (Å²) in [4.78, 5) is 28.8. The Morgan fingerprint density at radius 2 is 1.59 bits per heavy atom. The van der Waals surface area contributed by atoms with Crippen LogP contribution in [0.3, 0.4) is 0 Å². The summed E-state index contributed by atoms with van der Waals surface area (Å²) in [6, 6.07) is 24.8. The molecule has 5 heteroatoms. The Balaban J connectivity index is 1.94. The third kappa shape index (κ3) is 6.95. The number of ether oxygens (including phenoxy) is 1. The standard InChI is InChI=1S/C29H34N2O3/c1-4-18-30-29(33)27(19-23-11-6-5-7-12-23)31(21-25-13-9-8-10-22(25)2)28(32)20-24-14-16-26(34-3)17-15-24/h5-17,27H,4,18-21H2,1-3H3,(H,30,33). The van der Waals surface area contributed by atoms with E-state index in [4.69, 9.17) is 4.74 Å². The summed E-state index contributed by atoms with van der Waals surface area (Å²) in [5, 5.41) is 3.02. The monoisotopic (exact) mass is 458 g/mol. The van der Waals surface area contributed by atoms with E-state index in [9.17, 15) is 9.59 Å². The van der Waals surface area contributed by atoms with Crippen molar-refractivity contribution in [2.75, 3.05) is 13.7 Å². The van der Waals surface area contributed by atoms with Crippen molar-refractivity contribution < 1.29 is 14.3 Å². The summed E-state index contributed by atoms with van der Waals surface area (Å²) >= 11 is 0. The molecule has 3 aromatic carbocycles. The molecule has 0 aromatic heterocycles. The minimum Gasteiger partial charge on any atom is -0.497 e. The molecule has 0 radical (unpaired) electrons. The number of hydrogen-bond acceptors (Lipinski definition) is 3. The number of nitrogens with zero attached hydrogens (tertiary/aromatic N) is 1. The molecule has 0 aliphatic carbocycles. The van der Waals surface area contributed by atoms with Crippen molar-refractivity contribution in [1.82, 2.24) is 10.2 Å². The molecule has 2 amide bonds. The Hall–Kier alpha value is -3.60. The van der Waals surface area contributed by atoms with Crippen LogP contribution >= 0.6 is 0 Å². The van der Waals surface area contributed by atoms with Crippen LogP contribution in [0.4, 0.5) is 0 Å². The lowest BCUT2D eigenvalue weighted by Gasteiger charge is -2.32. The Morgan fingerprint density at radius 3 is 2.24 bits per heavy atom. The van der Waals surface area contributed by atoms with E-state index in [1.165, 1.54) is 0 Å². The highest BCUT2D eigenvalue weighted by Gasteiger charge is 2.30. The highest BCUT2D eigenvalue weighted by molar-refractivity contribution is 5.88. The molecule has 0 fully saturated rings. The highest BCUT2D eigenvalue weighted by atomic mass is 16.5. The maximum absolute atomic E-state index is 13.7. The zero-order chi connectivity index (χ0) is 24.3. The van der Waals surface area contributed by atoms with Gasteiger partial charge in [0.15, 0.2) is 0 Å². The Labute approximate surface area is 202 Å². The molecule has 0 bridgehead atoms. The number of nitrogens with one attached hydrogen (secondary N) is 1. The van der Waals surface area contributed by atoms with E-state index in [-0.39, 0.29) is 18.2 Å². The fourth-order valence-electron chi connectivity index (χ4n) is 3.91. The first-order valence-electron chi connectivity index (χ1n) is 11.8. The van der Waals surface area contributed by atoms with Crippen molar-refractivity contribution in [3.05, 3.63) is 101 Å². The van der Waals surface area contributed by atoms with Crippen molar-refractivity contribution in [3.8, 4) is 5.75 Å². The predicted molar refractivity (Wildman–Crippen MR) is 136 cm³/mol. The van der Waals surface area contributed by atoms with Gasteiger partial charge in [0.2, 0.25) is 11.8 Å². The first kappa shape index (κ1) is 25.0. The number of rotatable bonds is 11. The van der Waals surface area contributed by atoms with E-state index in [2.05, 4.69) is 5.32 Å². The van der Waals surface area contributed by atoms with Gasteiger partial charge in [-0.1, -0.05) is 73.7 Å². The van der Waals surface area contributed by atoms with Gasteiger partial charge in [0, 0.05) is 19.5 Å². The van der Waals surface area contributed by atoms with Gasteiger partial charge in [-0.3, -0.25) is 9.59 Å². The average molecular weight is 459 g/mol. The molecule has 5 nitrogen and oxygen atoms in total. The second-order valence-electron chi connectivity index (χ2n) is 8.47. The number of hydrogen-bond donors (Lipinski definition) is 1. The van der Waals surface area contributed by atoms with Gasteiger partial charge in [0.1, 0.15) is 11.8 Å². The first-order chi connectivity index (χ1) is 16.5. The number of benzene rings is 3. The zero-order valence-electron chi connectivity index (χ0n) is 20.3. The van der Waals surface area contributed by atoms with Gasteiger partial charge in [0.05, 0.1) is 13.5 Å². The van der Waals surface area contributed by atoms with Crippen molar-refractivity contribution in [3.63, 3.8) is 0 Å². The van der Waals surface area contributed by atoms with Gasteiger partial charge in [0.25, 0.3) is 0 Å². The normalized spacial score (nSPS) is 11.5. The summed E-state index contributed by atoms with van der Waals surface area (Å²) in [6.07, 6.45) is 1.50. The molecule has 1 unspecified atom stereocenters. The predicted octanol–water partition coefficient (Wildman–Crippen LogP) is 4.71. The zero-order valence-corrected chi connectivity index (χ0v) is 20.3. The van der Waals surface area contributed by atoms with E-state index in [1.807, 2.05) is 92.7 Å². The molecule has 0 heterocycles. The van der Waals surface area contributed by atoms with E-state index in [0.29, 0.717) is 19.5 Å². The van der Waals surface area contributed by atoms with Gasteiger partial charge in [-0.25, -0.2) is 0 Å². The molecule has 0 spiro atoms. The second-order valence-corrected chi connectivity index (χ2v) is 8.47. The first-order valence-corrected chi connectivity index (χ1v) is 11.8. The maximum Gasteiger partial charge on any atom is 0.243 e. The summed E-state index contributed by atoms with van der Waals surface area (Å²) in [7, 11) is 1.62. The fraction of sp³-hybridized carbons (Fsp3) is 0.310. The molecular formula is C29H34N2O3. The van der Waals surface area contributed by atoms with Gasteiger partial charge >= 0.3 is 0 Å². The van der Waals surface area contributed by atoms with E-state index >= 15 is 0 Å². The minimum absolute atomic E-state index is 0.0824. The van der Waals surface area contributed by atoms with Crippen molar-refractivity contribution in [1.29, 1.82) is 0 Å².